The third kappa shape index (κ3) is 4.34. The predicted molar refractivity (Wildman–Crippen MR) is 98.5 cm³/mol. The molecule has 0 saturated heterocycles. The van der Waals surface area contributed by atoms with Crippen LogP contribution in [0.2, 0.25) is 0 Å². The van der Waals surface area contributed by atoms with Crippen molar-refractivity contribution in [3.63, 3.8) is 0 Å². The molecule has 0 spiro atoms. The Bertz CT molecular complexity index is 845. The molecule has 7 heteroatoms. The van der Waals surface area contributed by atoms with Gasteiger partial charge in [-0.2, -0.15) is 5.26 Å². The minimum atomic E-state index is -0.565. The van der Waals surface area contributed by atoms with E-state index in [0.717, 1.165) is 25.7 Å². The summed E-state index contributed by atoms with van der Waals surface area (Å²) in [6.07, 6.45) is 6.62. The molecule has 0 radical (unpaired) electrons. The molecular formula is C20H22N4O3. The van der Waals surface area contributed by atoms with Gasteiger partial charge >= 0.3 is 0 Å². The van der Waals surface area contributed by atoms with Gasteiger partial charge in [0, 0.05) is 13.2 Å². The Hall–Kier alpha value is -3.14. The molecule has 2 aromatic rings. The van der Waals surface area contributed by atoms with Crippen molar-refractivity contribution in [3.8, 4) is 17.5 Å². The second kappa shape index (κ2) is 8.49. The van der Waals surface area contributed by atoms with Gasteiger partial charge in [-0.05, 0) is 43.0 Å². The summed E-state index contributed by atoms with van der Waals surface area (Å²) in [5.74, 6) is 0.0850. The molecule has 1 saturated carbocycles. The number of nitrogens with one attached hydrogen (secondary N) is 2. The molecule has 0 bridgehead atoms. The molecule has 27 heavy (non-hydrogen) atoms. The smallest absolute Gasteiger partial charge is 0.287 e. The van der Waals surface area contributed by atoms with E-state index in [9.17, 15) is 9.59 Å². The molecule has 1 atom stereocenters. The van der Waals surface area contributed by atoms with Crippen molar-refractivity contribution < 1.29 is 14.0 Å². The average Bonchev–Trinajstić information content (AvgIpc) is 3.22. The Morgan fingerprint density at radius 2 is 2.00 bits per heavy atom. The first-order valence-electron chi connectivity index (χ1n) is 9.11. The van der Waals surface area contributed by atoms with Gasteiger partial charge in [-0.1, -0.05) is 19.3 Å². The highest BCUT2D eigenvalue weighted by molar-refractivity contribution is 5.96. The highest BCUT2D eigenvalue weighted by atomic mass is 16.4. The number of pyridine rings is 1. The lowest BCUT2D eigenvalue weighted by Crippen LogP contribution is -2.50. The van der Waals surface area contributed by atoms with Crippen LogP contribution in [0.1, 0.15) is 48.2 Å². The molecule has 3 rings (SSSR count). The minimum Gasteiger partial charge on any atom is -0.449 e. The van der Waals surface area contributed by atoms with Gasteiger partial charge in [-0.15, -0.1) is 0 Å². The maximum Gasteiger partial charge on any atom is 0.287 e. The molecule has 0 aromatic carbocycles. The molecule has 1 aliphatic carbocycles. The van der Waals surface area contributed by atoms with Crippen LogP contribution < -0.4 is 10.6 Å². The topological polar surface area (TPSA) is 108 Å². The fourth-order valence-electron chi connectivity index (χ4n) is 3.44. The molecule has 2 N–H and O–H groups in total. The predicted octanol–water partition coefficient (Wildman–Crippen LogP) is 2.64. The summed E-state index contributed by atoms with van der Waals surface area (Å²) in [6, 6.07) is 7.95. The monoisotopic (exact) mass is 366 g/mol. The molecule has 140 valence electrons. The van der Waals surface area contributed by atoms with Crippen LogP contribution in [-0.2, 0) is 4.79 Å². The van der Waals surface area contributed by atoms with E-state index in [1.165, 1.54) is 12.6 Å². The second-order valence-corrected chi connectivity index (χ2v) is 6.67. The average molecular weight is 366 g/mol. The molecule has 0 unspecified atom stereocenters. The zero-order valence-electron chi connectivity index (χ0n) is 15.2. The number of hydrogen-bond acceptors (Lipinski definition) is 5. The van der Waals surface area contributed by atoms with Crippen molar-refractivity contribution in [2.45, 2.75) is 38.1 Å². The molecule has 2 amide bonds. The van der Waals surface area contributed by atoms with Crippen molar-refractivity contribution in [1.82, 2.24) is 15.6 Å². The number of furan rings is 1. The Balaban J connectivity index is 1.73. The first kappa shape index (κ1) is 18.6. The SMILES string of the molecule is CNC(=O)[C@@H](NC(=O)c1ccc(-c2ccc(C#N)cn2)o1)C1CCCCC1. The van der Waals surface area contributed by atoms with E-state index in [2.05, 4.69) is 15.6 Å². The van der Waals surface area contributed by atoms with E-state index in [1.54, 1.807) is 31.3 Å². The molecule has 1 fully saturated rings. The number of hydrogen-bond donors (Lipinski definition) is 2. The number of carbonyl (C=O) groups is 2. The van der Waals surface area contributed by atoms with Crippen LogP contribution in [-0.4, -0.2) is 29.9 Å². The normalized spacial score (nSPS) is 15.6. The van der Waals surface area contributed by atoms with Gasteiger partial charge in [-0.3, -0.25) is 14.6 Å². The minimum absolute atomic E-state index is 0.126. The number of nitriles is 1. The number of amides is 2. The van der Waals surface area contributed by atoms with Gasteiger partial charge in [-0.25, -0.2) is 0 Å². The third-order valence-electron chi connectivity index (χ3n) is 4.91. The third-order valence-corrected chi connectivity index (χ3v) is 4.91. The molecule has 2 aromatic heterocycles. The van der Waals surface area contributed by atoms with Crippen molar-refractivity contribution in [3.05, 3.63) is 41.8 Å². The number of nitrogens with zero attached hydrogens (tertiary/aromatic N) is 2. The summed E-state index contributed by atoms with van der Waals surface area (Å²) >= 11 is 0. The second-order valence-electron chi connectivity index (χ2n) is 6.67. The lowest BCUT2D eigenvalue weighted by atomic mass is 9.83. The Labute approximate surface area is 157 Å². The van der Waals surface area contributed by atoms with E-state index in [4.69, 9.17) is 9.68 Å². The highest BCUT2D eigenvalue weighted by Crippen LogP contribution is 2.27. The summed E-state index contributed by atoms with van der Waals surface area (Å²) in [4.78, 5) is 29.0. The number of aromatic nitrogens is 1. The van der Waals surface area contributed by atoms with Gasteiger partial charge < -0.3 is 15.1 Å². The Morgan fingerprint density at radius 3 is 2.63 bits per heavy atom. The number of likely N-dealkylation sites (N-methyl/N-ethyl adjacent to an activating group) is 1. The van der Waals surface area contributed by atoms with E-state index >= 15 is 0 Å². The molecule has 2 heterocycles. The van der Waals surface area contributed by atoms with E-state index in [0.29, 0.717) is 17.0 Å². The zero-order chi connectivity index (χ0) is 19.2. The summed E-state index contributed by atoms with van der Waals surface area (Å²) in [7, 11) is 1.58. The first-order chi connectivity index (χ1) is 13.1. The molecular weight excluding hydrogens is 344 g/mol. The van der Waals surface area contributed by atoms with Crippen LogP contribution >= 0.6 is 0 Å². The zero-order valence-corrected chi connectivity index (χ0v) is 15.2. The van der Waals surface area contributed by atoms with E-state index in [1.807, 2.05) is 6.07 Å². The molecule has 7 nitrogen and oxygen atoms in total. The molecule has 0 aliphatic heterocycles. The lowest BCUT2D eigenvalue weighted by Gasteiger charge is -2.29. The Morgan fingerprint density at radius 1 is 1.22 bits per heavy atom. The largest absolute Gasteiger partial charge is 0.449 e. The van der Waals surface area contributed by atoms with E-state index < -0.39 is 11.9 Å². The number of carbonyl (C=O) groups excluding carboxylic acids is 2. The van der Waals surface area contributed by atoms with Crippen LogP contribution in [0.15, 0.2) is 34.9 Å². The molecule has 1 aliphatic rings. The standard InChI is InChI=1S/C20H22N4O3/c1-22-20(26)18(14-5-3-2-4-6-14)24-19(25)17-10-9-16(27-17)15-8-7-13(11-21)12-23-15/h7-10,12,14,18H,2-6H2,1H3,(H,22,26)(H,24,25)/t18-/m0/s1. The maximum atomic E-state index is 12.6. The highest BCUT2D eigenvalue weighted by Gasteiger charge is 2.31. The summed E-state index contributed by atoms with van der Waals surface area (Å²) < 4.78 is 5.62. The van der Waals surface area contributed by atoms with Gasteiger partial charge in [0.25, 0.3) is 5.91 Å². The first-order valence-corrected chi connectivity index (χ1v) is 9.11. The van der Waals surface area contributed by atoms with Crippen molar-refractivity contribution in [2.24, 2.45) is 5.92 Å². The van der Waals surface area contributed by atoms with E-state index in [-0.39, 0.29) is 17.6 Å². The summed E-state index contributed by atoms with van der Waals surface area (Å²) in [5.41, 5.74) is 0.979. The van der Waals surface area contributed by atoms with Crippen molar-refractivity contribution in [1.29, 1.82) is 5.26 Å². The fraction of sp³-hybridized carbons (Fsp3) is 0.400. The summed E-state index contributed by atoms with van der Waals surface area (Å²) in [6.45, 7) is 0. The Kier molecular flexibility index (Phi) is 5.87. The lowest BCUT2D eigenvalue weighted by molar-refractivity contribution is -0.124. The van der Waals surface area contributed by atoms with Gasteiger partial charge in [0.1, 0.15) is 17.8 Å². The van der Waals surface area contributed by atoms with Crippen LogP contribution in [0, 0.1) is 17.2 Å². The van der Waals surface area contributed by atoms with Gasteiger partial charge in [0.2, 0.25) is 5.91 Å². The number of rotatable bonds is 5. The van der Waals surface area contributed by atoms with Crippen LogP contribution in [0.4, 0.5) is 0 Å². The fourth-order valence-corrected chi connectivity index (χ4v) is 3.44. The van der Waals surface area contributed by atoms with Crippen LogP contribution in [0.3, 0.4) is 0 Å². The van der Waals surface area contributed by atoms with Gasteiger partial charge in [0.15, 0.2) is 11.5 Å². The quantitative estimate of drug-likeness (QED) is 0.846. The maximum absolute atomic E-state index is 12.6. The van der Waals surface area contributed by atoms with Crippen LogP contribution in [0.25, 0.3) is 11.5 Å². The van der Waals surface area contributed by atoms with Crippen molar-refractivity contribution >= 4 is 11.8 Å². The van der Waals surface area contributed by atoms with Gasteiger partial charge in [0.05, 0.1) is 5.56 Å². The van der Waals surface area contributed by atoms with Crippen molar-refractivity contribution in [2.75, 3.05) is 7.05 Å². The van der Waals surface area contributed by atoms with Crippen LogP contribution in [0.5, 0.6) is 0 Å². The summed E-state index contributed by atoms with van der Waals surface area (Å²) in [5, 5.41) is 14.3.